The van der Waals surface area contributed by atoms with Gasteiger partial charge < -0.3 is 15.5 Å². The fourth-order valence-electron chi connectivity index (χ4n) is 2.92. The Morgan fingerprint density at radius 3 is 3.05 bits per heavy atom. The molecule has 3 N–H and O–H groups in total. The lowest BCUT2D eigenvalue weighted by Crippen LogP contribution is -2.24. The molecular weight excluding hydrogens is 248 g/mol. The van der Waals surface area contributed by atoms with Crippen molar-refractivity contribution in [2.45, 2.75) is 12.5 Å². The van der Waals surface area contributed by atoms with Crippen molar-refractivity contribution in [3.8, 4) is 16.9 Å². The van der Waals surface area contributed by atoms with E-state index in [9.17, 15) is 0 Å². The maximum Gasteiger partial charge on any atom is 0.130 e. The molecule has 0 radical (unpaired) electrons. The Hall–Kier alpha value is -2.26. The molecule has 0 amide bonds. The van der Waals surface area contributed by atoms with Gasteiger partial charge in [-0.25, -0.2) is 0 Å². The fraction of sp³-hybridized carbons (Fsp3) is 0.176. The minimum absolute atomic E-state index is 0.113. The Morgan fingerprint density at radius 2 is 2.15 bits per heavy atom. The van der Waals surface area contributed by atoms with Crippen molar-refractivity contribution in [3.63, 3.8) is 0 Å². The first-order valence-electron chi connectivity index (χ1n) is 6.91. The number of nitrogens with one attached hydrogen (secondary N) is 1. The molecule has 0 fully saturated rings. The van der Waals surface area contributed by atoms with Crippen LogP contribution in [0.2, 0.25) is 0 Å². The third-order valence-electron chi connectivity index (χ3n) is 3.96. The van der Waals surface area contributed by atoms with Crippen LogP contribution in [0.15, 0.2) is 48.7 Å². The number of hydrogen-bond donors (Lipinski definition) is 2. The molecule has 4 rings (SSSR count). The Bertz CT molecular complexity index is 776. The predicted molar refractivity (Wildman–Crippen MR) is 80.9 cm³/mol. The normalized spacial score (nSPS) is 17.1. The minimum Gasteiger partial charge on any atom is -0.488 e. The molecule has 20 heavy (non-hydrogen) atoms. The number of nitrogens with two attached hydrogens (primary N) is 1. The summed E-state index contributed by atoms with van der Waals surface area (Å²) in [6, 6.07) is 14.9. The molecule has 1 aliphatic rings. The monoisotopic (exact) mass is 264 g/mol. The van der Waals surface area contributed by atoms with E-state index in [1.54, 1.807) is 0 Å². The lowest BCUT2D eigenvalue weighted by atomic mass is 9.99. The molecular formula is C17H16N2O. The summed E-state index contributed by atoms with van der Waals surface area (Å²) in [5.74, 6) is 0.998. The van der Waals surface area contributed by atoms with E-state index in [1.807, 2.05) is 6.20 Å². The molecule has 3 aromatic rings. The van der Waals surface area contributed by atoms with Crippen LogP contribution in [0.4, 0.5) is 0 Å². The molecule has 0 spiro atoms. The second-order valence-corrected chi connectivity index (χ2v) is 5.25. The largest absolute Gasteiger partial charge is 0.488 e. The topological polar surface area (TPSA) is 51.0 Å². The van der Waals surface area contributed by atoms with Crippen molar-refractivity contribution in [3.05, 3.63) is 54.2 Å². The smallest absolute Gasteiger partial charge is 0.130 e. The van der Waals surface area contributed by atoms with E-state index in [0.29, 0.717) is 6.54 Å². The first-order chi connectivity index (χ1) is 9.85. The van der Waals surface area contributed by atoms with Gasteiger partial charge in [0.25, 0.3) is 0 Å². The van der Waals surface area contributed by atoms with Crippen LogP contribution in [0, 0.1) is 0 Å². The molecule has 0 unspecified atom stereocenters. The summed E-state index contributed by atoms with van der Waals surface area (Å²) in [5.41, 5.74) is 10.5. The van der Waals surface area contributed by atoms with Gasteiger partial charge in [-0.2, -0.15) is 0 Å². The molecule has 1 aliphatic heterocycles. The van der Waals surface area contributed by atoms with E-state index in [1.165, 1.54) is 16.5 Å². The molecule has 1 aromatic heterocycles. The standard InChI is InChI=1S/C17H16N2O/c18-10-14-9-13-2-1-3-15(17(13)20-14)11-4-5-16-12(8-11)6-7-19-16/h1-8,14,19H,9-10,18H2/t14-/m1/s1. The number of fused-ring (bicyclic) bond motifs is 2. The summed E-state index contributed by atoms with van der Waals surface area (Å²) in [6.45, 7) is 0.560. The summed E-state index contributed by atoms with van der Waals surface area (Å²) in [4.78, 5) is 3.22. The second-order valence-electron chi connectivity index (χ2n) is 5.25. The number of ether oxygens (including phenoxy) is 1. The minimum atomic E-state index is 0.113. The van der Waals surface area contributed by atoms with Gasteiger partial charge in [0.2, 0.25) is 0 Å². The van der Waals surface area contributed by atoms with Gasteiger partial charge in [0, 0.05) is 30.2 Å². The van der Waals surface area contributed by atoms with Crippen molar-refractivity contribution in [2.24, 2.45) is 5.73 Å². The van der Waals surface area contributed by atoms with Gasteiger partial charge in [-0.15, -0.1) is 0 Å². The third kappa shape index (κ3) is 1.71. The average molecular weight is 264 g/mol. The van der Waals surface area contributed by atoms with Crippen molar-refractivity contribution >= 4 is 10.9 Å². The van der Waals surface area contributed by atoms with Crippen LogP contribution in [0.3, 0.4) is 0 Å². The van der Waals surface area contributed by atoms with Crippen LogP contribution >= 0.6 is 0 Å². The van der Waals surface area contributed by atoms with Gasteiger partial charge in [0.15, 0.2) is 0 Å². The van der Waals surface area contributed by atoms with Crippen molar-refractivity contribution < 1.29 is 4.74 Å². The first kappa shape index (κ1) is 11.6. The van der Waals surface area contributed by atoms with Gasteiger partial charge in [-0.3, -0.25) is 0 Å². The highest BCUT2D eigenvalue weighted by atomic mass is 16.5. The molecule has 1 atom stereocenters. The van der Waals surface area contributed by atoms with Crippen LogP contribution < -0.4 is 10.5 Å². The van der Waals surface area contributed by atoms with Gasteiger partial charge in [-0.1, -0.05) is 24.3 Å². The lowest BCUT2D eigenvalue weighted by Gasteiger charge is -2.11. The Labute approximate surface area is 117 Å². The van der Waals surface area contributed by atoms with E-state index in [4.69, 9.17) is 10.5 Å². The van der Waals surface area contributed by atoms with E-state index in [2.05, 4.69) is 47.4 Å². The number of para-hydroxylation sites is 1. The SMILES string of the molecule is NC[C@H]1Cc2cccc(-c3ccc4[nH]ccc4c3)c2O1. The van der Waals surface area contributed by atoms with Crippen LogP contribution in [0.5, 0.6) is 5.75 Å². The number of hydrogen-bond acceptors (Lipinski definition) is 2. The predicted octanol–water partition coefficient (Wildman–Crippen LogP) is 3.10. The highest BCUT2D eigenvalue weighted by Gasteiger charge is 2.24. The fourth-order valence-corrected chi connectivity index (χ4v) is 2.92. The van der Waals surface area contributed by atoms with E-state index >= 15 is 0 Å². The Morgan fingerprint density at radius 1 is 1.20 bits per heavy atom. The number of rotatable bonds is 2. The van der Waals surface area contributed by atoms with Gasteiger partial charge >= 0.3 is 0 Å². The van der Waals surface area contributed by atoms with Crippen LogP contribution in [0.25, 0.3) is 22.0 Å². The zero-order valence-electron chi connectivity index (χ0n) is 11.1. The Kier molecular flexibility index (Phi) is 2.54. The highest BCUT2D eigenvalue weighted by molar-refractivity contribution is 5.86. The number of benzene rings is 2. The van der Waals surface area contributed by atoms with Crippen LogP contribution in [0.1, 0.15) is 5.56 Å². The quantitative estimate of drug-likeness (QED) is 0.747. The molecule has 2 heterocycles. The molecule has 0 aliphatic carbocycles. The zero-order chi connectivity index (χ0) is 13.5. The van der Waals surface area contributed by atoms with Crippen LogP contribution in [-0.2, 0) is 6.42 Å². The average Bonchev–Trinajstić information content (AvgIpc) is 3.11. The number of aromatic amines is 1. The van der Waals surface area contributed by atoms with Crippen LogP contribution in [-0.4, -0.2) is 17.6 Å². The van der Waals surface area contributed by atoms with Gasteiger partial charge in [0.1, 0.15) is 11.9 Å². The number of aromatic nitrogens is 1. The molecule has 2 aromatic carbocycles. The third-order valence-corrected chi connectivity index (χ3v) is 3.96. The van der Waals surface area contributed by atoms with Crippen molar-refractivity contribution in [1.82, 2.24) is 4.98 Å². The molecule has 3 heteroatoms. The van der Waals surface area contributed by atoms with Crippen molar-refractivity contribution in [2.75, 3.05) is 6.54 Å². The molecule has 100 valence electrons. The van der Waals surface area contributed by atoms with Gasteiger partial charge in [-0.05, 0) is 34.7 Å². The van der Waals surface area contributed by atoms with Gasteiger partial charge in [0.05, 0.1) is 0 Å². The summed E-state index contributed by atoms with van der Waals surface area (Å²) in [7, 11) is 0. The zero-order valence-corrected chi connectivity index (χ0v) is 11.1. The van der Waals surface area contributed by atoms with E-state index < -0.39 is 0 Å². The first-order valence-corrected chi connectivity index (χ1v) is 6.91. The maximum absolute atomic E-state index is 6.00. The van der Waals surface area contributed by atoms with E-state index in [-0.39, 0.29) is 6.10 Å². The van der Waals surface area contributed by atoms with E-state index in [0.717, 1.165) is 23.3 Å². The molecule has 0 saturated carbocycles. The summed E-state index contributed by atoms with van der Waals surface area (Å²) >= 11 is 0. The molecule has 0 bridgehead atoms. The maximum atomic E-state index is 6.00. The Balaban J connectivity index is 1.85. The summed E-state index contributed by atoms with van der Waals surface area (Å²) < 4.78 is 6.00. The molecule has 3 nitrogen and oxygen atoms in total. The van der Waals surface area contributed by atoms with Crippen molar-refractivity contribution in [1.29, 1.82) is 0 Å². The molecule has 0 saturated heterocycles. The summed E-state index contributed by atoms with van der Waals surface area (Å²) in [6.07, 6.45) is 2.99. The highest BCUT2D eigenvalue weighted by Crippen LogP contribution is 2.39. The lowest BCUT2D eigenvalue weighted by molar-refractivity contribution is 0.242. The summed E-state index contributed by atoms with van der Waals surface area (Å²) in [5, 5.41) is 1.22. The number of H-pyrrole nitrogens is 1. The second kappa shape index (κ2) is 4.39.